The molecule has 0 aromatic heterocycles. The molecule has 8 heteroatoms. The Morgan fingerprint density at radius 3 is 2.29 bits per heavy atom. The molecule has 35 heavy (non-hydrogen) atoms. The molecule has 0 aliphatic heterocycles. The van der Waals surface area contributed by atoms with Gasteiger partial charge < -0.3 is 20.3 Å². The number of carbonyl (C=O) groups is 3. The highest BCUT2D eigenvalue weighted by Gasteiger charge is 2.43. The molecular weight excluding hydrogens is 462 g/mol. The molecular formula is C27H41N3O4S. The molecule has 0 saturated heterocycles. The van der Waals surface area contributed by atoms with Crippen LogP contribution in [0.3, 0.4) is 0 Å². The van der Waals surface area contributed by atoms with Gasteiger partial charge in [-0.25, -0.2) is 4.79 Å². The minimum absolute atomic E-state index is 0.0231. The van der Waals surface area contributed by atoms with Crippen LogP contribution in [0, 0.1) is 12.3 Å². The number of hydrogen-bond donors (Lipinski definition) is 3. The Balaban J connectivity index is 3.58. The van der Waals surface area contributed by atoms with Gasteiger partial charge in [-0.1, -0.05) is 44.4 Å². The lowest BCUT2D eigenvalue weighted by Crippen LogP contribution is -2.60. The first-order chi connectivity index (χ1) is 16.3. The smallest absolute Gasteiger partial charge is 0.408 e. The van der Waals surface area contributed by atoms with E-state index in [1.54, 1.807) is 45.0 Å². The van der Waals surface area contributed by atoms with Crippen LogP contribution in [0.5, 0.6) is 0 Å². The summed E-state index contributed by atoms with van der Waals surface area (Å²) in [5.74, 6) is 1.89. The summed E-state index contributed by atoms with van der Waals surface area (Å²) in [4.78, 5) is 41.6. The number of thiol groups is 1. The molecule has 0 spiro atoms. The lowest BCUT2D eigenvalue weighted by atomic mass is 9.90. The fourth-order valence-corrected chi connectivity index (χ4v) is 3.75. The number of carbonyl (C=O) groups excluding carboxylic acids is 3. The summed E-state index contributed by atoms with van der Waals surface area (Å²) in [7, 11) is 0. The van der Waals surface area contributed by atoms with Crippen molar-refractivity contribution in [1.29, 1.82) is 0 Å². The van der Waals surface area contributed by atoms with E-state index < -0.39 is 35.2 Å². The van der Waals surface area contributed by atoms with Crippen LogP contribution in [0.25, 0.3) is 0 Å². The molecule has 0 aliphatic carbocycles. The van der Waals surface area contributed by atoms with Crippen molar-refractivity contribution in [1.82, 2.24) is 15.5 Å². The van der Waals surface area contributed by atoms with Gasteiger partial charge in [0, 0.05) is 23.4 Å². The van der Waals surface area contributed by atoms with E-state index in [2.05, 4.69) is 29.2 Å². The van der Waals surface area contributed by atoms with E-state index in [0.717, 1.165) is 12.8 Å². The maximum atomic E-state index is 14.0. The first kappa shape index (κ1) is 30.4. The van der Waals surface area contributed by atoms with Gasteiger partial charge in [0.15, 0.2) is 0 Å². The minimum Gasteiger partial charge on any atom is -0.444 e. The summed E-state index contributed by atoms with van der Waals surface area (Å²) in [6.07, 6.45) is 7.31. The maximum absolute atomic E-state index is 14.0. The normalized spacial score (nSPS) is 13.2. The Labute approximate surface area is 216 Å². The number of nitrogens with one attached hydrogen (secondary N) is 2. The van der Waals surface area contributed by atoms with Crippen molar-refractivity contribution in [2.24, 2.45) is 0 Å². The van der Waals surface area contributed by atoms with Gasteiger partial charge in [-0.3, -0.25) is 9.59 Å². The molecule has 7 nitrogen and oxygen atoms in total. The number of hydrogen-bond acceptors (Lipinski definition) is 5. The van der Waals surface area contributed by atoms with E-state index in [1.165, 1.54) is 4.90 Å². The van der Waals surface area contributed by atoms with Crippen LogP contribution in [-0.4, -0.2) is 52.3 Å². The van der Waals surface area contributed by atoms with Gasteiger partial charge in [0.1, 0.15) is 17.7 Å². The van der Waals surface area contributed by atoms with E-state index in [1.807, 2.05) is 27.7 Å². The maximum Gasteiger partial charge on any atom is 0.408 e. The topological polar surface area (TPSA) is 87.7 Å². The average Bonchev–Trinajstić information content (AvgIpc) is 2.79. The highest BCUT2D eigenvalue weighted by Crippen LogP contribution is 2.33. The quantitative estimate of drug-likeness (QED) is 0.236. The van der Waals surface area contributed by atoms with Crippen LogP contribution in [0.15, 0.2) is 24.3 Å². The summed E-state index contributed by atoms with van der Waals surface area (Å²) >= 11 is 4.33. The van der Waals surface area contributed by atoms with E-state index in [9.17, 15) is 14.4 Å². The summed E-state index contributed by atoms with van der Waals surface area (Å²) in [5, 5.41) is 5.59. The van der Waals surface area contributed by atoms with Gasteiger partial charge >= 0.3 is 6.09 Å². The first-order valence-corrected chi connectivity index (χ1v) is 12.7. The highest BCUT2D eigenvalue weighted by atomic mass is 32.1. The Morgan fingerprint density at radius 1 is 1.14 bits per heavy atom. The third-order valence-electron chi connectivity index (χ3n) is 5.67. The van der Waals surface area contributed by atoms with Crippen molar-refractivity contribution in [2.45, 2.75) is 91.0 Å². The third kappa shape index (κ3) is 8.81. The monoisotopic (exact) mass is 503 g/mol. The fraction of sp³-hybridized carbons (Fsp3) is 0.593. The average molecular weight is 504 g/mol. The molecule has 2 N–H and O–H groups in total. The number of unbranched alkanes of at least 4 members (excludes halogenated alkanes) is 1. The second-order valence-corrected chi connectivity index (χ2v) is 10.4. The van der Waals surface area contributed by atoms with Gasteiger partial charge in [0.2, 0.25) is 11.8 Å². The molecule has 0 bridgehead atoms. The number of rotatable bonds is 11. The summed E-state index contributed by atoms with van der Waals surface area (Å²) in [6, 6.07) is 5.09. The minimum atomic E-state index is -1.01. The van der Waals surface area contributed by atoms with Crippen molar-refractivity contribution >= 4 is 30.5 Å². The summed E-state index contributed by atoms with van der Waals surface area (Å²) < 4.78 is 5.35. The van der Waals surface area contributed by atoms with Crippen molar-refractivity contribution in [3.05, 3.63) is 35.4 Å². The van der Waals surface area contributed by atoms with Crippen molar-refractivity contribution < 1.29 is 19.1 Å². The zero-order valence-electron chi connectivity index (χ0n) is 22.1. The van der Waals surface area contributed by atoms with Crippen molar-refractivity contribution in [2.75, 3.05) is 12.3 Å². The standard InChI is InChI=1S/C27H41N3O4S/c1-9-12-17-28-23(31)22(20-16-14-13-15-19(20)10-2)30(27(7,8)11-3)24(32)21(18-35)29-25(33)34-26(4,5)6/h2,13-16,21-22,35H,9,11-12,17-18H2,1,3-8H3,(H,28,31)(H,29,33). The molecule has 0 radical (unpaired) electrons. The molecule has 0 aliphatic rings. The Morgan fingerprint density at radius 2 is 1.77 bits per heavy atom. The zero-order valence-corrected chi connectivity index (χ0v) is 23.0. The van der Waals surface area contributed by atoms with Gasteiger partial charge in [0.05, 0.1) is 0 Å². The molecule has 194 valence electrons. The fourth-order valence-electron chi connectivity index (χ4n) is 3.50. The molecule has 2 unspecified atom stereocenters. The number of amides is 3. The van der Waals surface area contributed by atoms with E-state index in [4.69, 9.17) is 11.2 Å². The van der Waals surface area contributed by atoms with E-state index in [0.29, 0.717) is 24.1 Å². The second kappa shape index (κ2) is 13.4. The van der Waals surface area contributed by atoms with Gasteiger partial charge in [-0.05, 0) is 59.1 Å². The first-order valence-electron chi connectivity index (χ1n) is 12.1. The second-order valence-electron chi connectivity index (χ2n) is 10.0. The number of alkyl carbamates (subject to hydrolysis) is 1. The lowest BCUT2D eigenvalue weighted by molar-refractivity contribution is -0.148. The third-order valence-corrected chi connectivity index (χ3v) is 6.04. The predicted molar refractivity (Wildman–Crippen MR) is 143 cm³/mol. The van der Waals surface area contributed by atoms with Gasteiger partial charge in [-0.15, -0.1) is 6.42 Å². The molecule has 0 saturated carbocycles. The van der Waals surface area contributed by atoms with Crippen molar-refractivity contribution in [3.8, 4) is 12.3 Å². The van der Waals surface area contributed by atoms with Crippen LogP contribution in [-0.2, 0) is 14.3 Å². The lowest BCUT2D eigenvalue weighted by Gasteiger charge is -2.44. The number of benzene rings is 1. The van der Waals surface area contributed by atoms with Crippen LogP contribution >= 0.6 is 12.6 Å². The molecule has 1 aromatic rings. The molecule has 1 aromatic carbocycles. The van der Waals surface area contributed by atoms with Crippen LogP contribution in [0.4, 0.5) is 4.79 Å². The molecule has 0 fully saturated rings. The summed E-state index contributed by atoms with van der Waals surface area (Å²) in [5.41, 5.74) is -0.406. The van der Waals surface area contributed by atoms with Crippen LogP contribution < -0.4 is 10.6 Å². The van der Waals surface area contributed by atoms with Crippen LogP contribution in [0.1, 0.15) is 84.9 Å². The van der Waals surface area contributed by atoms with E-state index >= 15 is 0 Å². The van der Waals surface area contributed by atoms with Crippen molar-refractivity contribution in [3.63, 3.8) is 0 Å². The van der Waals surface area contributed by atoms with Crippen LogP contribution in [0.2, 0.25) is 0 Å². The Hall–Kier alpha value is -2.66. The SMILES string of the molecule is C#Cc1ccccc1C(C(=O)NCCCC)N(C(=O)C(CS)NC(=O)OC(C)(C)C)C(C)(C)CC. The molecule has 3 amide bonds. The number of nitrogens with zero attached hydrogens (tertiary/aromatic N) is 1. The molecule has 0 heterocycles. The summed E-state index contributed by atoms with van der Waals surface area (Å²) in [6.45, 7) is 13.4. The number of terminal acetylenes is 1. The van der Waals surface area contributed by atoms with Gasteiger partial charge in [0.25, 0.3) is 0 Å². The van der Waals surface area contributed by atoms with Gasteiger partial charge in [-0.2, -0.15) is 12.6 Å². The highest BCUT2D eigenvalue weighted by molar-refractivity contribution is 7.80. The Kier molecular flexibility index (Phi) is 11.7. The largest absolute Gasteiger partial charge is 0.444 e. The Bertz CT molecular complexity index is 918. The van der Waals surface area contributed by atoms with E-state index in [-0.39, 0.29) is 11.7 Å². The predicted octanol–water partition coefficient (Wildman–Crippen LogP) is 4.47. The zero-order chi connectivity index (χ0) is 26.8. The molecule has 1 rings (SSSR count). The molecule has 2 atom stereocenters. The number of ether oxygens (including phenoxy) is 1.